The summed E-state index contributed by atoms with van der Waals surface area (Å²) in [5.74, 6) is 5.79. The molecule has 1 heterocycles. The fourth-order valence-corrected chi connectivity index (χ4v) is 1.76. The molecule has 19 heavy (non-hydrogen) atoms. The molecule has 2 rings (SSSR count). The van der Waals surface area contributed by atoms with Crippen molar-refractivity contribution in [2.75, 3.05) is 0 Å². The molecule has 0 aliphatic carbocycles. The second kappa shape index (κ2) is 5.53. The Morgan fingerprint density at radius 3 is 2.58 bits per heavy atom. The lowest BCUT2D eigenvalue weighted by Crippen LogP contribution is -2.09. The van der Waals surface area contributed by atoms with Gasteiger partial charge < -0.3 is 4.74 Å². The fourth-order valence-electron chi connectivity index (χ4n) is 1.76. The molecule has 0 radical (unpaired) electrons. The zero-order valence-electron chi connectivity index (χ0n) is 10.8. The van der Waals surface area contributed by atoms with Crippen molar-refractivity contribution in [1.82, 2.24) is 0 Å². The number of ether oxygens (including phenoxy) is 1. The third kappa shape index (κ3) is 3.11. The van der Waals surface area contributed by atoms with Gasteiger partial charge in [-0.25, -0.2) is 0 Å². The molecule has 1 aromatic rings. The van der Waals surface area contributed by atoms with Crippen LogP contribution < -0.4 is 0 Å². The van der Waals surface area contributed by atoms with E-state index in [1.54, 1.807) is 6.92 Å². The van der Waals surface area contributed by atoms with Crippen LogP contribution >= 0.6 is 0 Å². The Morgan fingerprint density at radius 1 is 1.26 bits per heavy atom. The van der Waals surface area contributed by atoms with Crippen LogP contribution in [0.4, 0.5) is 4.39 Å². The second-order valence-electron chi connectivity index (χ2n) is 4.24. The minimum Gasteiger partial charge on any atom is -0.435 e. The summed E-state index contributed by atoms with van der Waals surface area (Å²) < 4.78 is 18.6. The summed E-state index contributed by atoms with van der Waals surface area (Å²) in [5.41, 5.74) is 1.47. The molecule has 1 aliphatic rings. The van der Waals surface area contributed by atoms with Gasteiger partial charge in [-0.1, -0.05) is 30.0 Å². The van der Waals surface area contributed by atoms with Crippen LogP contribution in [0.25, 0.3) is 0 Å². The first kappa shape index (κ1) is 13.1. The molecule has 0 unspecified atom stereocenters. The molecule has 3 heteroatoms. The number of allylic oxidation sites excluding steroid dienone is 3. The van der Waals surface area contributed by atoms with E-state index in [-0.39, 0.29) is 17.8 Å². The van der Waals surface area contributed by atoms with Crippen LogP contribution in [0.1, 0.15) is 25.8 Å². The zero-order chi connectivity index (χ0) is 13.8. The Balaban J connectivity index is 2.25. The molecule has 0 atom stereocenters. The molecule has 0 bridgehead atoms. The molecule has 2 nitrogen and oxygen atoms in total. The van der Waals surface area contributed by atoms with Gasteiger partial charge in [0.25, 0.3) is 6.01 Å². The van der Waals surface area contributed by atoms with Gasteiger partial charge in [0, 0.05) is 17.6 Å². The van der Waals surface area contributed by atoms with Gasteiger partial charge in [0.15, 0.2) is 5.78 Å². The lowest BCUT2D eigenvalue weighted by molar-refractivity contribution is -0.114. The van der Waals surface area contributed by atoms with E-state index >= 15 is 0 Å². The molecule has 0 amide bonds. The van der Waals surface area contributed by atoms with Crippen molar-refractivity contribution < 1.29 is 13.9 Å². The highest BCUT2D eigenvalue weighted by atomic mass is 19.1. The number of hydrogen-bond donors (Lipinski definition) is 0. The molecule has 0 N–H and O–H groups in total. The standard InChI is InChI=1S/C16H13FO2/c1-11(18)15-10-14(16(17)19-12(15)2)9-8-13-6-4-3-5-7-13/h3-7H,10H2,1-2H3. The van der Waals surface area contributed by atoms with E-state index in [9.17, 15) is 9.18 Å². The Hall–Kier alpha value is -2.34. The fraction of sp³-hybridized carbons (Fsp3) is 0.188. The van der Waals surface area contributed by atoms with E-state index in [4.69, 9.17) is 4.74 Å². The first-order valence-electron chi connectivity index (χ1n) is 5.92. The van der Waals surface area contributed by atoms with E-state index < -0.39 is 6.01 Å². The minimum absolute atomic E-state index is 0.121. The average molecular weight is 256 g/mol. The van der Waals surface area contributed by atoms with Crippen molar-refractivity contribution in [3.05, 3.63) is 58.8 Å². The minimum atomic E-state index is -0.717. The zero-order valence-corrected chi connectivity index (χ0v) is 10.8. The number of ketones is 1. The smallest absolute Gasteiger partial charge is 0.289 e. The molecule has 0 aromatic heterocycles. The van der Waals surface area contributed by atoms with Crippen molar-refractivity contribution in [3.63, 3.8) is 0 Å². The van der Waals surface area contributed by atoms with E-state index in [0.29, 0.717) is 11.3 Å². The van der Waals surface area contributed by atoms with E-state index in [1.807, 2.05) is 30.3 Å². The van der Waals surface area contributed by atoms with Crippen LogP contribution in [-0.2, 0) is 9.53 Å². The van der Waals surface area contributed by atoms with Crippen LogP contribution in [0.3, 0.4) is 0 Å². The lowest BCUT2D eigenvalue weighted by atomic mass is 10.00. The van der Waals surface area contributed by atoms with Gasteiger partial charge in [-0.3, -0.25) is 4.79 Å². The third-order valence-electron chi connectivity index (χ3n) is 2.81. The quantitative estimate of drug-likeness (QED) is 0.719. The average Bonchev–Trinajstić information content (AvgIpc) is 2.38. The largest absolute Gasteiger partial charge is 0.435 e. The number of hydrogen-bond acceptors (Lipinski definition) is 2. The maximum atomic E-state index is 13.6. The molecule has 1 aromatic carbocycles. The topological polar surface area (TPSA) is 26.3 Å². The van der Waals surface area contributed by atoms with Crippen molar-refractivity contribution in [2.24, 2.45) is 0 Å². The summed E-state index contributed by atoms with van der Waals surface area (Å²) >= 11 is 0. The molecule has 1 aliphatic heterocycles. The van der Waals surface area contributed by atoms with E-state index in [2.05, 4.69) is 11.8 Å². The number of carbonyl (C=O) groups is 1. The van der Waals surface area contributed by atoms with Crippen LogP contribution in [0.2, 0.25) is 0 Å². The normalized spacial score (nSPS) is 14.7. The van der Waals surface area contributed by atoms with Crippen LogP contribution in [0.5, 0.6) is 0 Å². The van der Waals surface area contributed by atoms with Crippen molar-refractivity contribution >= 4 is 5.78 Å². The van der Waals surface area contributed by atoms with Gasteiger partial charge >= 0.3 is 0 Å². The first-order valence-corrected chi connectivity index (χ1v) is 5.92. The molecular formula is C16H13FO2. The van der Waals surface area contributed by atoms with Gasteiger partial charge in [0.1, 0.15) is 5.76 Å². The Morgan fingerprint density at radius 2 is 1.95 bits per heavy atom. The van der Waals surface area contributed by atoms with E-state index in [0.717, 1.165) is 5.56 Å². The number of Topliss-reactive ketones (excluding diaryl/α,β-unsaturated/α-hetero) is 1. The number of benzene rings is 1. The third-order valence-corrected chi connectivity index (χ3v) is 2.81. The second-order valence-corrected chi connectivity index (χ2v) is 4.24. The number of rotatable bonds is 1. The van der Waals surface area contributed by atoms with Crippen LogP contribution in [0, 0.1) is 11.8 Å². The first-order chi connectivity index (χ1) is 9.08. The van der Waals surface area contributed by atoms with Gasteiger partial charge in [-0.05, 0) is 26.0 Å². The van der Waals surface area contributed by atoms with Gasteiger partial charge in [0.05, 0.1) is 5.57 Å². The lowest BCUT2D eigenvalue weighted by Gasteiger charge is -2.16. The highest BCUT2D eigenvalue weighted by Gasteiger charge is 2.21. The Bertz CT molecular complexity index is 628. The highest BCUT2D eigenvalue weighted by Crippen LogP contribution is 2.28. The van der Waals surface area contributed by atoms with Gasteiger partial charge in [-0.15, -0.1) is 0 Å². The molecule has 96 valence electrons. The maximum absolute atomic E-state index is 13.6. The SMILES string of the molecule is CC(=O)C1=C(C)OC(F)=C(C#Cc2ccccc2)C1. The summed E-state index contributed by atoms with van der Waals surface area (Å²) in [7, 11) is 0. The van der Waals surface area contributed by atoms with Gasteiger partial charge in [-0.2, -0.15) is 4.39 Å². The highest BCUT2D eigenvalue weighted by molar-refractivity contribution is 5.94. The predicted octanol–water partition coefficient (Wildman–Crippen LogP) is 3.50. The van der Waals surface area contributed by atoms with Crippen LogP contribution in [0.15, 0.2) is 53.3 Å². The Labute approximate surface area is 111 Å². The van der Waals surface area contributed by atoms with Gasteiger partial charge in [0.2, 0.25) is 0 Å². The van der Waals surface area contributed by atoms with E-state index in [1.165, 1.54) is 6.92 Å². The summed E-state index contributed by atoms with van der Waals surface area (Å²) in [6, 6.07) is 8.55. The molecule has 0 saturated carbocycles. The monoisotopic (exact) mass is 256 g/mol. The number of halogens is 1. The molecule has 0 spiro atoms. The van der Waals surface area contributed by atoms with Crippen LogP contribution in [-0.4, -0.2) is 5.78 Å². The summed E-state index contributed by atoms with van der Waals surface area (Å²) in [4.78, 5) is 11.4. The Kier molecular flexibility index (Phi) is 3.82. The summed E-state index contributed by atoms with van der Waals surface area (Å²) in [6.45, 7) is 3.02. The maximum Gasteiger partial charge on any atom is 0.289 e. The summed E-state index contributed by atoms with van der Waals surface area (Å²) in [6.07, 6.45) is 0.187. The molecular weight excluding hydrogens is 243 g/mol. The predicted molar refractivity (Wildman–Crippen MR) is 70.5 cm³/mol. The van der Waals surface area contributed by atoms with Crippen molar-refractivity contribution in [2.45, 2.75) is 20.3 Å². The number of carbonyl (C=O) groups excluding carboxylic acids is 1. The molecule has 0 fully saturated rings. The van der Waals surface area contributed by atoms with Crippen molar-refractivity contribution in [1.29, 1.82) is 0 Å². The van der Waals surface area contributed by atoms with Crippen molar-refractivity contribution in [3.8, 4) is 11.8 Å². The molecule has 0 saturated heterocycles. The summed E-state index contributed by atoms with van der Waals surface area (Å²) in [5, 5.41) is 0.